The van der Waals surface area contributed by atoms with Crippen molar-refractivity contribution >= 4 is 28.8 Å². The third kappa shape index (κ3) is 4.68. The van der Waals surface area contributed by atoms with Crippen LogP contribution in [0.5, 0.6) is 0 Å². The molecule has 0 spiro atoms. The van der Waals surface area contributed by atoms with Crippen molar-refractivity contribution in [2.75, 3.05) is 5.32 Å². The molecular formula is C19H22N2O2S. The van der Waals surface area contributed by atoms with Crippen LogP contribution in [0.2, 0.25) is 0 Å². The van der Waals surface area contributed by atoms with E-state index >= 15 is 0 Å². The molecule has 126 valence electrons. The largest absolute Gasteiger partial charge is 0.351 e. The first-order chi connectivity index (χ1) is 11.7. The zero-order valence-electron chi connectivity index (χ0n) is 13.6. The average Bonchev–Trinajstić information content (AvgIpc) is 3.28. The monoisotopic (exact) mass is 342 g/mol. The van der Waals surface area contributed by atoms with Gasteiger partial charge in [-0.15, -0.1) is 11.3 Å². The summed E-state index contributed by atoms with van der Waals surface area (Å²) in [5.41, 5.74) is 1.74. The van der Waals surface area contributed by atoms with Gasteiger partial charge in [0.15, 0.2) is 0 Å². The molecular weight excluding hydrogens is 320 g/mol. The molecule has 1 aromatic heterocycles. The fraction of sp³-hybridized carbons (Fsp3) is 0.368. The maximum Gasteiger partial charge on any atom is 0.227 e. The van der Waals surface area contributed by atoms with Crippen molar-refractivity contribution in [1.29, 1.82) is 0 Å². The third-order valence-corrected chi connectivity index (χ3v) is 5.23. The SMILES string of the molecule is O=C(Cc1ccc(NC(=O)C2CCCC2)cc1)NCc1cccs1. The zero-order chi connectivity index (χ0) is 16.8. The first-order valence-corrected chi connectivity index (χ1v) is 9.27. The Kier molecular flexibility index (Phi) is 5.64. The number of benzene rings is 1. The van der Waals surface area contributed by atoms with E-state index in [2.05, 4.69) is 10.6 Å². The summed E-state index contributed by atoms with van der Waals surface area (Å²) in [6, 6.07) is 11.5. The van der Waals surface area contributed by atoms with Crippen LogP contribution >= 0.6 is 11.3 Å². The molecule has 0 unspecified atom stereocenters. The number of nitrogens with one attached hydrogen (secondary N) is 2. The second kappa shape index (κ2) is 8.11. The summed E-state index contributed by atoms with van der Waals surface area (Å²) in [6.45, 7) is 0.575. The van der Waals surface area contributed by atoms with Crippen LogP contribution in [0.1, 0.15) is 36.1 Å². The molecule has 2 N–H and O–H groups in total. The van der Waals surface area contributed by atoms with Gasteiger partial charge in [0, 0.05) is 16.5 Å². The molecule has 5 heteroatoms. The molecule has 2 amide bonds. The Morgan fingerprint density at radius 1 is 1.08 bits per heavy atom. The lowest BCUT2D eigenvalue weighted by atomic mass is 10.1. The number of hydrogen-bond acceptors (Lipinski definition) is 3. The predicted octanol–water partition coefficient (Wildman–Crippen LogP) is 3.74. The molecule has 1 fully saturated rings. The van der Waals surface area contributed by atoms with Crippen LogP contribution in [0.4, 0.5) is 5.69 Å². The van der Waals surface area contributed by atoms with E-state index in [1.807, 2.05) is 41.8 Å². The summed E-state index contributed by atoms with van der Waals surface area (Å²) in [6.07, 6.45) is 4.64. The number of hydrogen-bond donors (Lipinski definition) is 2. The van der Waals surface area contributed by atoms with Gasteiger partial charge in [0.1, 0.15) is 0 Å². The Hall–Kier alpha value is -2.14. The van der Waals surface area contributed by atoms with Gasteiger partial charge in [0.25, 0.3) is 0 Å². The molecule has 1 aliphatic carbocycles. The van der Waals surface area contributed by atoms with E-state index in [1.165, 1.54) is 0 Å². The van der Waals surface area contributed by atoms with Crippen molar-refractivity contribution in [3.8, 4) is 0 Å². The number of thiophene rings is 1. The number of amides is 2. The van der Waals surface area contributed by atoms with E-state index < -0.39 is 0 Å². The summed E-state index contributed by atoms with van der Waals surface area (Å²) >= 11 is 1.63. The Morgan fingerprint density at radius 3 is 2.50 bits per heavy atom. The van der Waals surface area contributed by atoms with E-state index in [0.717, 1.165) is 41.8 Å². The van der Waals surface area contributed by atoms with Crippen LogP contribution in [0.25, 0.3) is 0 Å². The van der Waals surface area contributed by atoms with E-state index in [0.29, 0.717) is 13.0 Å². The quantitative estimate of drug-likeness (QED) is 0.840. The van der Waals surface area contributed by atoms with E-state index in [-0.39, 0.29) is 17.7 Å². The maximum absolute atomic E-state index is 12.1. The van der Waals surface area contributed by atoms with Gasteiger partial charge in [0.05, 0.1) is 13.0 Å². The lowest BCUT2D eigenvalue weighted by molar-refractivity contribution is -0.121. The highest BCUT2D eigenvalue weighted by Gasteiger charge is 2.22. The van der Waals surface area contributed by atoms with Crippen LogP contribution in [0.3, 0.4) is 0 Å². The molecule has 1 aromatic carbocycles. The number of rotatable bonds is 6. The number of carbonyl (C=O) groups excluding carboxylic acids is 2. The van der Waals surface area contributed by atoms with Gasteiger partial charge in [-0.1, -0.05) is 31.0 Å². The van der Waals surface area contributed by atoms with Crippen molar-refractivity contribution < 1.29 is 9.59 Å². The molecule has 2 aromatic rings. The van der Waals surface area contributed by atoms with Crippen LogP contribution in [0, 0.1) is 5.92 Å². The second-order valence-corrected chi connectivity index (χ2v) is 7.23. The summed E-state index contributed by atoms with van der Waals surface area (Å²) in [5.74, 6) is 0.285. The third-order valence-electron chi connectivity index (χ3n) is 4.35. The van der Waals surface area contributed by atoms with E-state index in [1.54, 1.807) is 11.3 Å². The van der Waals surface area contributed by atoms with Crippen molar-refractivity contribution in [1.82, 2.24) is 5.32 Å². The molecule has 0 radical (unpaired) electrons. The first kappa shape index (κ1) is 16.7. The molecule has 1 heterocycles. The van der Waals surface area contributed by atoms with E-state index in [4.69, 9.17) is 0 Å². The van der Waals surface area contributed by atoms with Crippen LogP contribution < -0.4 is 10.6 Å². The Morgan fingerprint density at radius 2 is 1.83 bits per heavy atom. The topological polar surface area (TPSA) is 58.2 Å². The Labute approximate surface area is 146 Å². The molecule has 1 aliphatic rings. The Balaban J connectivity index is 1.46. The molecule has 3 rings (SSSR count). The van der Waals surface area contributed by atoms with Gasteiger partial charge in [-0.05, 0) is 42.0 Å². The molecule has 0 saturated heterocycles. The van der Waals surface area contributed by atoms with Gasteiger partial charge >= 0.3 is 0 Å². The van der Waals surface area contributed by atoms with Gasteiger partial charge in [-0.3, -0.25) is 9.59 Å². The van der Waals surface area contributed by atoms with Crippen molar-refractivity contribution in [2.45, 2.75) is 38.6 Å². The summed E-state index contributed by atoms with van der Waals surface area (Å²) in [4.78, 5) is 25.2. The normalized spacial score (nSPS) is 14.5. The van der Waals surface area contributed by atoms with Crippen molar-refractivity contribution in [3.05, 3.63) is 52.2 Å². The highest BCUT2D eigenvalue weighted by Crippen LogP contribution is 2.26. The highest BCUT2D eigenvalue weighted by atomic mass is 32.1. The minimum Gasteiger partial charge on any atom is -0.351 e. The number of carbonyl (C=O) groups is 2. The molecule has 4 nitrogen and oxygen atoms in total. The molecule has 0 atom stereocenters. The molecule has 24 heavy (non-hydrogen) atoms. The minimum absolute atomic E-state index is 0.00569. The van der Waals surface area contributed by atoms with Crippen molar-refractivity contribution in [3.63, 3.8) is 0 Å². The van der Waals surface area contributed by atoms with Gasteiger partial charge in [-0.25, -0.2) is 0 Å². The minimum atomic E-state index is 0.00569. The predicted molar refractivity (Wildman–Crippen MR) is 96.9 cm³/mol. The van der Waals surface area contributed by atoms with Gasteiger partial charge < -0.3 is 10.6 Å². The maximum atomic E-state index is 12.1. The lowest BCUT2D eigenvalue weighted by Gasteiger charge is -2.11. The first-order valence-electron chi connectivity index (χ1n) is 8.39. The van der Waals surface area contributed by atoms with E-state index in [9.17, 15) is 9.59 Å². The summed E-state index contributed by atoms with van der Waals surface area (Å²) < 4.78 is 0. The smallest absolute Gasteiger partial charge is 0.227 e. The van der Waals surface area contributed by atoms with Gasteiger partial charge in [-0.2, -0.15) is 0 Å². The van der Waals surface area contributed by atoms with Crippen LogP contribution in [-0.2, 0) is 22.6 Å². The van der Waals surface area contributed by atoms with Crippen LogP contribution in [0.15, 0.2) is 41.8 Å². The standard InChI is InChI=1S/C19H22N2O2S/c22-18(20-13-17-6-3-11-24-17)12-14-7-9-16(10-8-14)21-19(23)15-4-1-2-5-15/h3,6-11,15H,1-2,4-5,12-13H2,(H,20,22)(H,21,23). The highest BCUT2D eigenvalue weighted by molar-refractivity contribution is 7.09. The second-order valence-electron chi connectivity index (χ2n) is 6.20. The summed E-state index contributed by atoms with van der Waals surface area (Å²) in [5, 5.41) is 7.89. The number of anilines is 1. The fourth-order valence-corrected chi connectivity index (χ4v) is 3.63. The van der Waals surface area contributed by atoms with Gasteiger partial charge in [0.2, 0.25) is 11.8 Å². The molecule has 0 aliphatic heterocycles. The molecule has 0 bridgehead atoms. The fourth-order valence-electron chi connectivity index (χ4n) is 2.99. The Bertz CT molecular complexity index is 674. The average molecular weight is 342 g/mol. The summed E-state index contributed by atoms with van der Waals surface area (Å²) in [7, 11) is 0. The van der Waals surface area contributed by atoms with Crippen molar-refractivity contribution in [2.24, 2.45) is 5.92 Å². The molecule has 1 saturated carbocycles. The zero-order valence-corrected chi connectivity index (χ0v) is 14.4. The van der Waals surface area contributed by atoms with Crippen LogP contribution in [-0.4, -0.2) is 11.8 Å². The lowest BCUT2D eigenvalue weighted by Crippen LogP contribution is -2.24.